The van der Waals surface area contributed by atoms with Crippen LogP contribution in [0.3, 0.4) is 0 Å². The van der Waals surface area contributed by atoms with Crippen molar-refractivity contribution >= 4 is 17.5 Å². The molecule has 1 aromatic carbocycles. The number of hydrogen-bond donors (Lipinski definition) is 1. The van der Waals surface area contributed by atoms with Crippen LogP contribution in [0, 0.1) is 0 Å². The molecule has 6 nitrogen and oxygen atoms in total. The summed E-state index contributed by atoms with van der Waals surface area (Å²) in [6.07, 6.45) is 3.49. The van der Waals surface area contributed by atoms with Crippen molar-refractivity contribution in [3.63, 3.8) is 0 Å². The topological polar surface area (TPSA) is 74.7 Å². The highest BCUT2D eigenvalue weighted by molar-refractivity contribution is 6.02. The first kappa shape index (κ1) is 17.8. The fourth-order valence-corrected chi connectivity index (χ4v) is 2.78. The van der Waals surface area contributed by atoms with E-state index < -0.39 is 0 Å². The number of nitrogens with one attached hydrogen (secondary N) is 1. The highest BCUT2D eigenvalue weighted by atomic mass is 16.2. The van der Waals surface area contributed by atoms with Crippen molar-refractivity contribution in [2.75, 3.05) is 13.1 Å². The molecule has 0 unspecified atom stereocenters. The number of carbonyl (C=O) groups excluding carboxylic acids is 2. The van der Waals surface area contributed by atoms with Crippen LogP contribution in [0.4, 0.5) is 0 Å². The predicted molar refractivity (Wildman–Crippen MR) is 99.5 cm³/mol. The Labute approximate surface area is 152 Å². The molecule has 0 saturated carbocycles. The Hall–Kier alpha value is -3.02. The Bertz CT molecular complexity index is 775. The Kier molecular flexibility index (Phi) is 6.09. The summed E-state index contributed by atoms with van der Waals surface area (Å²) in [5.74, 6) is -0.239. The lowest BCUT2D eigenvalue weighted by Gasteiger charge is -2.11. The number of benzene rings is 1. The van der Waals surface area contributed by atoms with E-state index in [0.29, 0.717) is 19.5 Å². The zero-order valence-corrected chi connectivity index (χ0v) is 14.6. The standard InChI is InChI=1S/C20H22N4O2/c25-19(22-14-11-17-8-4-5-13-21-17)9-10-20(26)24-15-12-18(23-24)16-6-2-1-3-7-16/h1-8,13H,9-12,14-15H2,(H,22,25). The summed E-state index contributed by atoms with van der Waals surface area (Å²) >= 11 is 0. The zero-order chi connectivity index (χ0) is 18.2. The van der Waals surface area contributed by atoms with Crippen molar-refractivity contribution in [2.24, 2.45) is 5.10 Å². The van der Waals surface area contributed by atoms with E-state index in [0.717, 1.165) is 23.4 Å². The maximum atomic E-state index is 12.3. The molecular formula is C20H22N4O2. The maximum absolute atomic E-state index is 12.3. The van der Waals surface area contributed by atoms with Crippen molar-refractivity contribution < 1.29 is 9.59 Å². The highest BCUT2D eigenvalue weighted by Crippen LogP contribution is 2.14. The second kappa shape index (κ2) is 8.89. The minimum Gasteiger partial charge on any atom is -0.356 e. The molecule has 0 radical (unpaired) electrons. The summed E-state index contributed by atoms with van der Waals surface area (Å²) in [6.45, 7) is 1.09. The number of hydrazone groups is 1. The van der Waals surface area contributed by atoms with Gasteiger partial charge in [0.05, 0.1) is 12.3 Å². The summed E-state index contributed by atoms with van der Waals surface area (Å²) in [6, 6.07) is 15.5. The molecule has 0 fully saturated rings. The van der Waals surface area contributed by atoms with Gasteiger partial charge in [0.1, 0.15) is 0 Å². The largest absolute Gasteiger partial charge is 0.356 e. The van der Waals surface area contributed by atoms with E-state index in [1.807, 2.05) is 48.5 Å². The fourth-order valence-electron chi connectivity index (χ4n) is 2.78. The van der Waals surface area contributed by atoms with Gasteiger partial charge in [0.25, 0.3) is 0 Å². The summed E-state index contributed by atoms with van der Waals surface area (Å²) in [5, 5.41) is 8.70. The molecular weight excluding hydrogens is 328 g/mol. The first-order valence-electron chi connectivity index (χ1n) is 8.82. The smallest absolute Gasteiger partial charge is 0.243 e. The van der Waals surface area contributed by atoms with Gasteiger partial charge in [0.15, 0.2) is 0 Å². The third-order valence-corrected chi connectivity index (χ3v) is 4.19. The molecule has 26 heavy (non-hydrogen) atoms. The number of rotatable bonds is 7. The SMILES string of the molecule is O=C(CCC(=O)N1CCC(c2ccccc2)=N1)NCCc1ccccn1. The molecule has 6 heteroatoms. The van der Waals surface area contributed by atoms with E-state index >= 15 is 0 Å². The molecule has 2 heterocycles. The summed E-state index contributed by atoms with van der Waals surface area (Å²) in [7, 11) is 0. The van der Waals surface area contributed by atoms with Crippen LogP contribution < -0.4 is 5.32 Å². The average Bonchev–Trinajstić information content (AvgIpc) is 3.18. The van der Waals surface area contributed by atoms with Crippen molar-refractivity contribution in [1.82, 2.24) is 15.3 Å². The van der Waals surface area contributed by atoms with Crippen LogP contribution in [0.25, 0.3) is 0 Å². The summed E-state index contributed by atoms with van der Waals surface area (Å²) in [5.41, 5.74) is 2.89. The minimum absolute atomic E-state index is 0.115. The molecule has 0 saturated heterocycles. The van der Waals surface area contributed by atoms with Gasteiger partial charge in [0.2, 0.25) is 11.8 Å². The molecule has 2 aromatic rings. The second-order valence-electron chi connectivity index (χ2n) is 6.10. The van der Waals surface area contributed by atoms with Gasteiger partial charge in [-0.15, -0.1) is 0 Å². The lowest BCUT2D eigenvalue weighted by molar-refractivity contribution is -0.133. The van der Waals surface area contributed by atoms with Crippen LogP contribution in [-0.4, -0.2) is 40.6 Å². The van der Waals surface area contributed by atoms with E-state index in [1.54, 1.807) is 6.20 Å². The van der Waals surface area contributed by atoms with E-state index in [-0.39, 0.29) is 24.7 Å². The van der Waals surface area contributed by atoms with Crippen LogP contribution in [0.1, 0.15) is 30.5 Å². The first-order valence-corrected chi connectivity index (χ1v) is 8.82. The minimum atomic E-state index is -0.124. The third kappa shape index (κ3) is 4.99. The number of amides is 2. The molecule has 0 spiro atoms. The van der Waals surface area contributed by atoms with E-state index in [1.165, 1.54) is 5.01 Å². The average molecular weight is 350 g/mol. The van der Waals surface area contributed by atoms with E-state index in [9.17, 15) is 9.59 Å². The van der Waals surface area contributed by atoms with Gasteiger partial charge in [-0.2, -0.15) is 5.10 Å². The van der Waals surface area contributed by atoms with Crippen LogP contribution in [0.15, 0.2) is 59.8 Å². The van der Waals surface area contributed by atoms with Crippen LogP contribution in [0.2, 0.25) is 0 Å². The predicted octanol–water partition coefficient (Wildman–Crippen LogP) is 2.16. The van der Waals surface area contributed by atoms with Gasteiger partial charge >= 0.3 is 0 Å². The van der Waals surface area contributed by atoms with Crippen molar-refractivity contribution in [1.29, 1.82) is 0 Å². The molecule has 0 aliphatic carbocycles. The molecule has 1 aliphatic heterocycles. The molecule has 134 valence electrons. The number of carbonyl (C=O) groups is 2. The monoisotopic (exact) mass is 350 g/mol. The van der Waals surface area contributed by atoms with Crippen molar-refractivity contribution in [2.45, 2.75) is 25.7 Å². The van der Waals surface area contributed by atoms with Gasteiger partial charge in [-0.05, 0) is 17.7 Å². The van der Waals surface area contributed by atoms with Crippen LogP contribution in [-0.2, 0) is 16.0 Å². The Balaban J connectivity index is 1.40. The normalized spacial score (nSPS) is 13.4. The molecule has 3 rings (SSSR count). The zero-order valence-electron chi connectivity index (χ0n) is 14.6. The molecule has 2 amide bonds. The van der Waals surface area contributed by atoms with Gasteiger partial charge in [0, 0.05) is 44.1 Å². The molecule has 1 aromatic heterocycles. The number of aromatic nitrogens is 1. The Morgan fingerprint density at radius 1 is 1.04 bits per heavy atom. The first-order chi connectivity index (χ1) is 12.7. The highest BCUT2D eigenvalue weighted by Gasteiger charge is 2.21. The molecule has 1 aliphatic rings. The number of nitrogens with zero attached hydrogens (tertiary/aromatic N) is 3. The summed E-state index contributed by atoms with van der Waals surface area (Å²) < 4.78 is 0. The van der Waals surface area contributed by atoms with Gasteiger partial charge < -0.3 is 5.32 Å². The van der Waals surface area contributed by atoms with Crippen LogP contribution in [0.5, 0.6) is 0 Å². The second-order valence-corrected chi connectivity index (χ2v) is 6.10. The molecule has 1 N–H and O–H groups in total. The number of hydrogen-bond acceptors (Lipinski definition) is 4. The van der Waals surface area contributed by atoms with Crippen molar-refractivity contribution in [3.05, 3.63) is 66.0 Å². The third-order valence-electron chi connectivity index (χ3n) is 4.19. The Morgan fingerprint density at radius 3 is 2.62 bits per heavy atom. The van der Waals surface area contributed by atoms with Crippen molar-refractivity contribution in [3.8, 4) is 0 Å². The van der Waals surface area contributed by atoms with Gasteiger partial charge in [-0.25, -0.2) is 5.01 Å². The van der Waals surface area contributed by atoms with E-state index in [2.05, 4.69) is 15.4 Å². The Morgan fingerprint density at radius 2 is 1.85 bits per heavy atom. The summed E-state index contributed by atoms with van der Waals surface area (Å²) in [4.78, 5) is 28.4. The van der Waals surface area contributed by atoms with Crippen LogP contribution >= 0.6 is 0 Å². The maximum Gasteiger partial charge on any atom is 0.243 e. The van der Waals surface area contributed by atoms with E-state index in [4.69, 9.17) is 0 Å². The lowest BCUT2D eigenvalue weighted by Crippen LogP contribution is -2.29. The van der Waals surface area contributed by atoms with Gasteiger partial charge in [-0.3, -0.25) is 14.6 Å². The number of pyridine rings is 1. The molecule has 0 bridgehead atoms. The lowest BCUT2D eigenvalue weighted by atomic mass is 10.1. The van der Waals surface area contributed by atoms with Gasteiger partial charge in [-0.1, -0.05) is 36.4 Å². The quantitative estimate of drug-likeness (QED) is 0.831. The molecule has 0 atom stereocenters. The fraction of sp³-hybridized carbons (Fsp3) is 0.300.